The summed E-state index contributed by atoms with van der Waals surface area (Å²) in [6.45, 7) is 6.39. The Morgan fingerprint density at radius 2 is 1.74 bits per heavy atom. The van der Waals surface area contributed by atoms with E-state index >= 15 is 0 Å². The summed E-state index contributed by atoms with van der Waals surface area (Å²) in [5, 5.41) is 8.75. The number of rotatable bonds is 6. The summed E-state index contributed by atoms with van der Waals surface area (Å²) in [7, 11) is -3.57. The van der Waals surface area contributed by atoms with E-state index in [0.29, 0.717) is 12.5 Å². The zero-order chi connectivity index (χ0) is 14.6. The number of aromatic carboxylic acids is 1. The highest BCUT2D eigenvalue weighted by molar-refractivity contribution is 7.89. The first-order valence-corrected chi connectivity index (χ1v) is 7.55. The largest absolute Gasteiger partial charge is 0.478 e. The van der Waals surface area contributed by atoms with E-state index in [0.717, 1.165) is 0 Å². The monoisotopic (exact) mass is 285 g/mol. The van der Waals surface area contributed by atoms with Gasteiger partial charge in [-0.25, -0.2) is 17.9 Å². The van der Waals surface area contributed by atoms with Gasteiger partial charge in [-0.05, 0) is 36.1 Å². The van der Waals surface area contributed by atoms with Crippen LogP contribution in [-0.2, 0) is 10.0 Å². The van der Waals surface area contributed by atoms with Crippen LogP contribution >= 0.6 is 0 Å². The van der Waals surface area contributed by atoms with Crippen molar-refractivity contribution in [3.8, 4) is 0 Å². The van der Waals surface area contributed by atoms with E-state index in [1.54, 1.807) is 0 Å². The molecule has 1 unspecified atom stereocenters. The Labute approximate surface area is 113 Å². The van der Waals surface area contributed by atoms with E-state index in [2.05, 4.69) is 4.72 Å². The highest BCUT2D eigenvalue weighted by atomic mass is 32.2. The predicted molar refractivity (Wildman–Crippen MR) is 72.6 cm³/mol. The lowest BCUT2D eigenvalue weighted by Gasteiger charge is -2.16. The number of carboxylic acid groups (broad SMARTS) is 1. The number of hydrogen-bond acceptors (Lipinski definition) is 3. The average Bonchev–Trinajstić information content (AvgIpc) is 2.36. The molecule has 0 aromatic heterocycles. The van der Waals surface area contributed by atoms with Crippen LogP contribution in [0.2, 0.25) is 0 Å². The molecular formula is C13H19NO4S. The molecule has 0 spiro atoms. The fraction of sp³-hybridized carbons (Fsp3) is 0.462. The van der Waals surface area contributed by atoms with E-state index < -0.39 is 16.0 Å². The molecule has 0 aliphatic rings. The lowest BCUT2D eigenvalue weighted by Crippen LogP contribution is -2.30. The summed E-state index contributed by atoms with van der Waals surface area (Å²) in [6.07, 6.45) is 0. The van der Waals surface area contributed by atoms with Crippen molar-refractivity contribution in [2.45, 2.75) is 25.7 Å². The molecule has 0 radical (unpaired) electrons. The fourth-order valence-electron chi connectivity index (χ4n) is 1.34. The third-order valence-electron chi connectivity index (χ3n) is 3.14. The van der Waals surface area contributed by atoms with Crippen LogP contribution in [0.15, 0.2) is 29.2 Å². The van der Waals surface area contributed by atoms with E-state index in [1.807, 2.05) is 20.8 Å². The molecule has 0 amide bonds. The molecule has 0 saturated heterocycles. The van der Waals surface area contributed by atoms with Crippen molar-refractivity contribution in [1.29, 1.82) is 0 Å². The summed E-state index contributed by atoms with van der Waals surface area (Å²) in [5.74, 6) is -0.463. The van der Waals surface area contributed by atoms with E-state index in [4.69, 9.17) is 5.11 Å². The molecule has 0 fully saturated rings. The molecule has 0 bridgehead atoms. The number of carboxylic acids is 1. The standard InChI is InChI=1S/C13H19NO4S/c1-9(2)10(3)8-14-19(17,18)12-6-4-11(5-7-12)13(15)16/h4-7,9-10,14H,8H2,1-3H3,(H,15,16). The molecule has 0 aliphatic carbocycles. The molecule has 5 nitrogen and oxygen atoms in total. The van der Waals surface area contributed by atoms with Gasteiger partial charge in [0.05, 0.1) is 10.5 Å². The number of carbonyl (C=O) groups is 1. The van der Waals surface area contributed by atoms with Crippen LogP contribution in [0.5, 0.6) is 0 Å². The first-order chi connectivity index (χ1) is 8.74. The van der Waals surface area contributed by atoms with Crippen molar-refractivity contribution in [1.82, 2.24) is 4.72 Å². The zero-order valence-electron chi connectivity index (χ0n) is 11.3. The summed E-state index contributed by atoms with van der Waals surface area (Å²) in [4.78, 5) is 10.8. The van der Waals surface area contributed by atoms with E-state index in [9.17, 15) is 13.2 Å². The quantitative estimate of drug-likeness (QED) is 0.837. The SMILES string of the molecule is CC(C)C(C)CNS(=O)(=O)c1ccc(C(=O)O)cc1. The van der Waals surface area contributed by atoms with Crippen LogP contribution < -0.4 is 4.72 Å². The smallest absolute Gasteiger partial charge is 0.335 e. The first-order valence-electron chi connectivity index (χ1n) is 6.07. The van der Waals surface area contributed by atoms with Gasteiger partial charge in [-0.1, -0.05) is 20.8 Å². The van der Waals surface area contributed by atoms with Crippen LogP contribution in [0.1, 0.15) is 31.1 Å². The molecular weight excluding hydrogens is 266 g/mol. The highest BCUT2D eigenvalue weighted by Gasteiger charge is 2.16. The topological polar surface area (TPSA) is 83.5 Å². The second kappa shape index (κ2) is 6.16. The molecule has 2 N–H and O–H groups in total. The Hall–Kier alpha value is -1.40. The van der Waals surface area contributed by atoms with Crippen LogP contribution in [0.25, 0.3) is 0 Å². The predicted octanol–water partition coefficient (Wildman–Crippen LogP) is 1.96. The number of nitrogens with one attached hydrogen (secondary N) is 1. The van der Waals surface area contributed by atoms with Crippen molar-refractivity contribution in [2.24, 2.45) is 11.8 Å². The number of hydrogen-bond donors (Lipinski definition) is 2. The van der Waals surface area contributed by atoms with Crippen molar-refractivity contribution in [2.75, 3.05) is 6.54 Å². The van der Waals surface area contributed by atoms with Crippen LogP contribution in [-0.4, -0.2) is 26.0 Å². The fourth-order valence-corrected chi connectivity index (χ4v) is 2.48. The minimum atomic E-state index is -3.57. The van der Waals surface area contributed by atoms with Gasteiger partial charge in [-0.15, -0.1) is 0 Å². The van der Waals surface area contributed by atoms with Crippen molar-refractivity contribution in [3.63, 3.8) is 0 Å². The molecule has 0 saturated carbocycles. The molecule has 1 aromatic carbocycles. The van der Waals surface area contributed by atoms with Gasteiger partial charge in [-0.3, -0.25) is 0 Å². The van der Waals surface area contributed by atoms with Gasteiger partial charge < -0.3 is 5.11 Å². The summed E-state index contributed by atoms with van der Waals surface area (Å²) in [6, 6.07) is 5.16. The Morgan fingerprint density at radius 3 is 2.16 bits per heavy atom. The van der Waals surface area contributed by atoms with Crippen LogP contribution in [0.4, 0.5) is 0 Å². The molecule has 1 atom stereocenters. The summed E-state index contributed by atoms with van der Waals surface area (Å²) < 4.78 is 26.5. The molecule has 0 heterocycles. The molecule has 1 aromatic rings. The molecule has 0 aliphatic heterocycles. The van der Waals surface area contributed by atoms with Gasteiger partial charge in [0.1, 0.15) is 0 Å². The zero-order valence-corrected chi connectivity index (χ0v) is 12.1. The second-order valence-corrected chi connectivity index (χ2v) is 6.67. The Kier molecular flexibility index (Phi) is 5.08. The van der Waals surface area contributed by atoms with Gasteiger partial charge >= 0.3 is 5.97 Å². The third-order valence-corrected chi connectivity index (χ3v) is 4.58. The van der Waals surface area contributed by atoms with Crippen LogP contribution in [0, 0.1) is 11.8 Å². The van der Waals surface area contributed by atoms with Gasteiger partial charge in [0, 0.05) is 6.54 Å². The minimum Gasteiger partial charge on any atom is -0.478 e. The minimum absolute atomic E-state index is 0.0644. The molecule has 19 heavy (non-hydrogen) atoms. The molecule has 106 valence electrons. The Balaban J connectivity index is 2.80. The van der Waals surface area contributed by atoms with Crippen LogP contribution in [0.3, 0.4) is 0 Å². The third kappa shape index (κ3) is 4.33. The van der Waals surface area contributed by atoms with Crippen molar-refractivity contribution >= 4 is 16.0 Å². The number of sulfonamides is 1. The Morgan fingerprint density at radius 1 is 1.21 bits per heavy atom. The second-order valence-electron chi connectivity index (χ2n) is 4.90. The first kappa shape index (κ1) is 15.7. The maximum Gasteiger partial charge on any atom is 0.335 e. The summed E-state index contributed by atoms with van der Waals surface area (Å²) in [5.41, 5.74) is 0.0644. The van der Waals surface area contributed by atoms with E-state index in [1.165, 1.54) is 24.3 Å². The van der Waals surface area contributed by atoms with Gasteiger partial charge in [-0.2, -0.15) is 0 Å². The van der Waals surface area contributed by atoms with Gasteiger partial charge in [0.25, 0.3) is 0 Å². The lowest BCUT2D eigenvalue weighted by atomic mass is 9.99. The maximum atomic E-state index is 12.0. The van der Waals surface area contributed by atoms with Crippen molar-refractivity contribution < 1.29 is 18.3 Å². The van der Waals surface area contributed by atoms with E-state index in [-0.39, 0.29) is 16.4 Å². The highest BCUT2D eigenvalue weighted by Crippen LogP contribution is 2.13. The van der Waals surface area contributed by atoms with Gasteiger partial charge in [0.15, 0.2) is 0 Å². The van der Waals surface area contributed by atoms with Crippen molar-refractivity contribution in [3.05, 3.63) is 29.8 Å². The molecule has 1 rings (SSSR count). The average molecular weight is 285 g/mol. The number of benzene rings is 1. The summed E-state index contributed by atoms with van der Waals surface area (Å²) >= 11 is 0. The van der Waals surface area contributed by atoms with Gasteiger partial charge in [0.2, 0.25) is 10.0 Å². The molecule has 6 heteroatoms. The lowest BCUT2D eigenvalue weighted by molar-refractivity contribution is 0.0696. The maximum absolute atomic E-state index is 12.0. The Bertz CT molecular complexity index is 534. The normalized spacial score (nSPS) is 13.5.